The first-order valence-corrected chi connectivity index (χ1v) is 4.72. The molecule has 72 valence electrons. The number of benzene rings is 1. The highest BCUT2D eigenvalue weighted by Gasteiger charge is 2.00. The normalized spacial score (nSPS) is 10.4. The Hall–Kier alpha value is -1.35. The quantitative estimate of drug-likeness (QED) is 0.757. The molecule has 0 aliphatic carbocycles. The van der Waals surface area contributed by atoms with E-state index in [0.29, 0.717) is 0 Å². The van der Waals surface area contributed by atoms with Gasteiger partial charge in [0.15, 0.2) is 0 Å². The molecule has 0 radical (unpaired) electrons. The van der Waals surface area contributed by atoms with Crippen LogP contribution in [0.25, 0.3) is 0 Å². The summed E-state index contributed by atoms with van der Waals surface area (Å²) in [6.07, 6.45) is 3.51. The van der Waals surface area contributed by atoms with Crippen LogP contribution >= 0.6 is 11.6 Å². The van der Waals surface area contributed by atoms with Crippen molar-refractivity contribution >= 4 is 11.6 Å². The highest BCUT2D eigenvalue weighted by molar-refractivity contribution is 6.30. The second-order valence-corrected chi connectivity index (χ2v) is 3.61. The van der Waals surface area contributed by atoms with Crippen LogP contribution in [0.2, 0.25) is 5.02 Å². The van der Waals surface area contributed by atoms with Crippen LogP contribution in [0.3, 0.4) is 0 Å². The lowest BCUT2D eigenvalue weighted by molar-refractivity contribution is 0.647. The van der Waals surface area contributed by atoms with E-state index >= 15 is 0 Å². The Morgan fingerprint density at radius 3 is 2.93 bits per heavy atom. The SMILES string of the molecule is Cc1cc(Cl)ccc1Cn1ccnn1. The summed E-state index contributed by atoms with van der Waals surface area (Å²) in [5, 5.41) is 8.43. The molecule has 0 saturated carbocycles. The highest BCUT2D eigenvalue weighted by Crippen LogP contribution is 2.15. The molecule has 0 fully saturated rings. The van der Waals surface area contributed by atoms with Gasteiger partial charge in [0.1, 0.15) is 0 Å². The molecule has 0 saturated heterocycles. The molecule has 0 N–H and O–H groups in total. The first kappa shape index (κ1) is 9.21. The smallest absolute Gasteiger partial charge is 0.0693 e. The fraction of sp³-hybridized carbons (Fsp3) is 0.200. The van der Waals surface area contributed by atoms with Crippen molar-refractivity contribution in [2.24, 2.45) is 0 Å². The lowest BCUT2D eigenvalue weighted by atomic mass is 10.1. The summed E-state index contributed by atoms with van der Waals surface area (Å²) in [5.74, 6) is 0. The maximum atomic E-state index is 5.86. The largest absolute Gasteiger partial charge is 0.248 e. The zero-order chi connectivity index (χ0) is 9.97. The molecular formula is C10H10ClN3. The molecule has 0 unspecified atom stereocenters. The predicted octanol–water partition coefficient (Wildman–Crippen LogP) is 2.29. The number of hydrogen-bond acceptors (Lipinski definition) is 2. The van der Waals surface area contributed by atoms with Crippen LogP contribution in [-0.2, 0) is 6.54 Å². The summed E-state index contributed by atoms with van der Waals surface area (Å²) in [5.41, 5.74) is 2.38. The van der Waals surface area contributed by atoms with Gasteiger partial charge in [-0.1, -0.05) is 22.9 Å². The van der Waals surface area contributed by atoms with Gasteiger partial charge < -0.3 is 0 Å². The fourth-order valence-corrected chi connectivity index (χ4v) is 1.55. The third-order valence-corrected chi connectivity index (χ3v) is 2.34. The number of halogens is 1. The molecule has 4 heteroatoms. The molecule has 3 nitrogen and oxygen atoms in total. The maximum absolute atomic E-state index is 5.86. The first-order chi connectivity index (χ1) is 6.75. The average Bonchev–Trinajstić information content (AvgIpc) is 2.62. The minimum Gasteiger partial charge on any atom is -0.248 e. The fourth-order valence-electron chi connectivity index (χ4n) is 1.33. The van der Waals surface area contributed by atoms with Crippen molar-refractivity contribution in [1.82, 2.24) is 15.0 Å². The summed E-state index contributed by atoms with van der Waals surface area (Å²) in [6.45, 7) is 2.78. The maximum Gasteiger partial charge on any atom is 0.0693 e. The third kappa shape index (κ3) is 1.93. The summed E-state index contributed by atoms with van der Waals surface area (Å²) >= 11 is 5.86. The molecule has 0 aliphatic rings. The number of rotatable bonds is 2. The Kier molecular flexibility index (Phi) is 2.50. The van der Waals surface area contributed by atoms with Crippen molar-refractivity contribution in [3.8, 4) is 0 Å². The Bertz CT molecular complexity index is 423. The van der Waals surface area contributed by atoms with Crippen LogP contribution in [0.1, 0.15) is 11.1 Å². The highest BCUT2D eigenvalue weighted by atomic mass is 35.5. The van der Waals surface area contributed by atoms with E-state index in [1.165, 1.54) is 11.1 Å². The summed E-state index contributed by atoms with van der Waals surface area (Å²) in [4.78, 5) is 0. The number of aryl methyl sites for hydroxylation is 1. The Labute approximate surface area is 87.3 Å². The number of aromatic nitrogens is 3. The van der Waals surface area contributed by atoms with Gasteiger partial charge in [-0.3, -0.25) is 0 Å². The van der Waals surface area contributed by atoms with E-state index in [1.807, 2.05) is 31.3 Å². The molecule has 2 rings (SSSR count). The summed E-state index contributed by atoms with van der Waals surface area (Å²) in [7, 11) is 0. The molecule has 1 heterocycles. The number of nitrogens with zero attached hydrogens (tertiary/aromatic N) is 3. The van der Waals surface area contributed by atoms with E-state index in [1.54, 1.807) is 10.9 Å². The van der Waals surface area contributed by atoms with Gasteiger partial charge >= 0.3 is 0 Å². The van der Waals surface area contributed by atoms with Gasteiger partial charge in [-0.2, -0.15) is 0 Å². The molecule has 1 aromatic heterocycles. The third-order valence-electron chi connectivity index (χ3n) is 2.11. The van der Waals surface area contributed by atoms with Crippen molar-refractivity contribution in [3.63, 3.8) is 0 Å². The van der Waals surface area contributed by atoms with Crippen LogP contribution in [0.15, 0.2) is 30.6 Å². The summed E-state index contributed by atoms with van der Waals surface area (Å²) in [6, 6.07) is 5.86. The Morgan fingerprint density at radius 1 is 1.43 bits per heavy atom. The minimum atomic E-state index is 0.739. The molecule has 0 atom stereocenters. The molecule has 0 bridgehead atoms. The van der Waals surface area contributed by atoms with Gasteiger partial charge in [-0.15, -0.1) is 5.10 Å². The average molecular weight is 208 g/mol. The first-order valence-electron chi connectivity index (χ1n) is 4.35. The molecule has 14 heavy (non-hydrogen) atoms. The zero-order valence-corrected chi connectivity index (χ0v) is 8.57. The minimum absolute atomic E-state index is 0.739. The topological polar surface area (TPSA) is 30.7 Å². The standard InChI is InChI=1S/C10H10ClN3/c1-8-6-10(11)3-2-9(8)7-14-5-4-12-13-14/h2-6H,7H2,1H3. The predicted molar refractivity (Wildman–Crippen MR) is 55.3 cm³/mol. The Balaban J connectivity index is 2.25. The van der Waals surface area contributed by atoms with Crippen molar-refractivity contribution in [2.75, 3.05) is 0 Å². The Morgan fingerprint density at radius 2 is 2.29 bits per heavy atom. The van der Waals surface area contributed by atoms with E-state index in [2.05, 4.69) is 10.3 Å². The van der Waals surface area contributed by atoms with Crippen molar-refractivity contribution in [2.45, 2.75) is 13.5 Å². The van der Waals surface area contributed by atoms with Crippen LogP contribution < -0.4 is 0 Å². The molecule has 2 aromatic rings. The van der Waals surface area contributed by atoms with E-state index in [4.69, 9.17) is 11.6 Å². The van der Waals surface area contributed by atoms with Crippen molar-refractivity contribution in [1.29, 1.82) is 0 Å². The lowest BCUT2D eigenvalue weighted by Crippen LogP contribution is -2.02. The molecular weight excluding hydrogens is 198 g/mol. The van der Waals surface area contributed by atoms with Crippen LogP contribution in [0.5, 0.6) is 0 Å². The van der Waals surface area contributed by atoms with E-state index in [9.17, 15) is 0 Å². The molecule has 0 aliphatic heterocycles. The van der Waals surface area contributed by atoms with E-state index in [-0.39, 0.29) is 0 Å². The number of hydrogen-bond donors (Lipinski definition) is 0. The van der Waals surface area contributed by atoms with Gasteiger partial charge in [-0.05, 0) is 30.2 Å². The zero-order valence-electron chi connectivity index (χ0n) is 7.81. The van der Waals surface area contributed by atoms with Gasteiger partial charge in [0.2, 0.25) is 0 Å². The van der Waals surface area contributed by atoms with Gasteiger partial charge in [0.05, 0.1) is 12.7 Å². The summed E-state index contributed by atoms with van der Waals surface area (Å²) < 4.78 is 1.79. The molecule has 0 spiro atoms. The second kappa shape index (κ2) is 3.80. The van der Waals surface area contributed by atoms with Crippen molar-refractivity contribution in [3.05, 3.63) is 46.7 Å². The lowest BCUT2D eigenvalue weighted by Gasteiger charge is -2.05. The molecule has 1 aromatic carbocycles. The van der Waals surface area contributed by atoms with Gasteiger partial charge in [-0.25, -0.2) is 4.68 Å². The van der Waals surface area contributed by atoms with Gasteiger partial charge in [0, 0.05) is 11.2 Å². The van der Waals surface area contributed by atoms with E-state index < -0.39 is 0 Å². The van der Waals surface area contributed by atoms with Gasteiger partial charge in [0.25, 0.3) is 0 Å². The van der Waals surface area contributed by atoms with E-state index in [0.717, 1.165) is 11.6 Å². The molecule has 0 amide bonds. The van der Waals surface area contributed by atoms with Crippen LogP contribution in [0, 0.1) is 6.92 Å². The van der Waals surface area contributed by atoms with Crippen LogP contribution in [0.4, 0.5) is 0 Å². The monoisotopic (exact) mass is 207 g/mol. The van der Waals surface area contributed by atoms with Crippen LogP contribution in [-0.4, -0.2) is 15.0 Å². The second-order valence-electron chi connectivity index (χ2n) is 3.17. The van der Waals surface area contributed by atoms with Crippen molar-refractivity contribution < 1.29 is 0 Å².